The average molecular weight is 246 g/mol. The van der Waals surface area contributed by atoms with Gasteiger partial charge in [-0.1, -0.05) is 0 Å². The third kappa shape index (κ3) is 3.42. The van der Waals surface area contributed by atoms with Gasteiger partial charge < -0.3 is 4.57 Å². The van der Waals surface area contributed by atoms with Gasteiger partial charge in [0.05, 0.1) is 29.2 Å². The Morgan fingerprint density at radius 3 is 2.72 bits per heavy atom. The lowest BCUT2D eigenvalue weighted by atomic mass is 10.1. The van der Waals surface area contributed by atoms with Crippen molar-refractivity contribution < 1.29 is 4.92 Å². The first-order chi connectivity index (χ1) is 8.58. The molecule has 0 amide bonds. The van der Waals surface area contributed by atoms with Crippen LogP contribution in [0.2, 0.25) is 0 Å². The first kappa shape index (κ1) is 13.4. The number of pyridine rings is 1. The summed E-state index contributed by atoms with van der Waals surface area (Å²) >= 11 is 0. The maximum atomic E-state index is 11.5. The highest BCUT2D eigenvalue weighted by Gasteiger charge is 2.12. The molecule has 0 aromatic carbocycles. The predicted molar refractivity (Wildman–Crippen MR) is 61.3 cm³/mol. The molecule has 7 heteroatoms. The summed E-state index contributed by atoms with van der Waals surface area (Å²) in [4.78, 5) is 21.5. The summed E-state index contributed by atoms with van der Waals surface area (Å²) in [6.07, 6.45) is 1.66. The molecule has 0 saturated carbocycles. The van der Waals surface area contributed by atoms with Gasteiger partial charge in [-0.2, -0.15) is 10.5 Å². The van der Waals surface area contributed by atoms with E-state index in [-0.39, 0.29) is 18.7 Å². The number of rotatable bonds is 5. The molecule has 1 atom stereocenters. The monoisotopic (exact) mass is 246 g/mol. The second-order valence-electron chi connectivity index (χ2n) is 3.66. The number of aromatic nitrogens is 1. The Kier molecular flexibility index (Phi) is 4.58. The van der Waals surface area contributed by atoms with Crippen LogP contribution in [0.4, 0.5) is 5.69 Å². The summed E-state index contributed by atoms with van der Waals surface area (Å²) in [6.45, 7) is 0.0543. The molecular weight excluding hydrogens is 236 g/mol. The Morgan fingerprint density at radius 2 is 2.17 bits per heavy atom. The van der Waals surface area contributed by atoms with E-state index in [1.54, 1.807) is 0 Å². The molecule has 0 radical (unpaired) electrons. The van der Waals surface area contributed by atoms with Crippen LogP contribution >= 0.6 is 0 Å². The molecule has 0 aliphatic heterocycles. The van der Waals surface area contributed by atoms with Crippen molar-refractivity contribution in [2.24, 2.45) is 5.92 Å². The summed E-state index contributed by atoms with van der Waals surface area (Å²) in [5.41, 5.74) is -0.607. The van der Waals surface area contributed by atoms with Crippen LogP contribution in [0.1, 0.15) is 12.8 Å². The molecule has 18 heavy (non-hydrogen) atoms. The van der Waals surface area contributed by atoms with Gasteiger partial charge in [0.1, 0.15) is 0 Å². The number of nitrogens with zero attached hydrogens (tertiary/aromatic N) is 4. The van der Waals surface area contributed by atoms with Gasteiger partial charge in [-0.15, -0.1) is 0 Å². The van der Waals surface area contributed by atoms with Gasteiger partial charge in [0, 0.05) is 25.1 Å². The Morgan fingerprint density at radius 1 is 1.44 bits per heavy atom. The Labute approximate surface area is 103 Å². The third-order valence-electron chi connectivity index (χ3n) is 2.38. The molecule has 0 bridgehead atoms. The lowest BCUT2D eigenvalue weighted by Crippen LogP contribution is -2.22. The van der Waals surface area contributed by atoms with E-state index in [0.717, 1.165) is 22.9 Å². The standard InChI is InChI=1S/C11H10N4O3/c12-5-1-2-9(6-13)7-14-8-10(15(17)18)3-4-11(14)16/h3-4,8-9H,1-2,7H2/t9-/m0/s1. The SMILES string of the molecule is N#CCC[C@@H](C#N)Cn1cc([N+](=O)[O-])ccc1=O. The molecule has 0 saturated heterocycles. The van der Waals surface area contributed by atoms with E-state index < -0.39 is 16.4 Å². The zero-order chi connectivity index (χ0) is 13.5. The van der Waals surface area contributed by atoms with Crippen molar-refractivity contribution in [3.05, 3.63) is 38.8 Å². The minimum Gasteiger partial charge on any atom is -0.308 e. The van der Waals surface area contributed by atoms with Crippen LogP contribution in [0.3, 0.4) is 0 Å². The predicted octanol–water partition coefficient (Wildman–Crippen LogP) is 1.20. The van der Waals surface area contributed by atoms with Crippen molar-refractivity contribution in [3.8, 4) is 12.1 Å². The zero-order valence-electron chi connectivity index (χ0n) is 9.44. The lowest BCUT2D eigenvalue weighted by molar-refractivity contribution is -0.385. The number of nitriles is 2. The van der Waals surface area contributed by atoms with E-state index in [1.807, 2.05) is 12.1 Å². The molecule has 0 aliphatic carbocycles. The van der Waals surface area contributed by atoms with Gasteiger partial charge in [0.15, 0.2) is 0 Å². The topological polar surface area (TPSA) is 113 Å². The van der Waals surface area contributed by atoms with Crippen LogP contribution in [0.25, 0.3) is 0 Å². The highest BCUT2D eigenvalue weighted by atomic mass is 16.6. The van der Waals surface area contributed by atoms with Crippen molar-refractivity contribution in [1.82, 2.24) is 4.57 Å². The molecule has 92 valence electrons. The fraction of sp³-hybridized carbons (Fsp3) is 0.364. The normalized spacial score (nSPS) is 11.2. The van der Waals surface area contributed by atoms with Gasteiger partial charge in [-0.05, 0) is 6.42 Å². The highest BCUT2D eigenvalue weighted by Crippen LogP contribution is 2.11. The average Bonchev–Trinajstić information content (AvgIpc) is 2.36. The maximum absolute atomic E-state index is 11.5. The summed E-state index contributed by atoms with van der Waals surface area (Å²) in [5, 5.41) is 27.9. The molecule has 1 aromatic rings. The van der Waals surface area contributed by atoms with Crippen LogP contribution in [-0.4, -0.2) is 9.49 Å². The largest absolute Gasteiger partial charge is 0.308 e. The first-order valence-corrected chi connectivity index (χ1v) is 5.20. The lowest BCUT2D eigenvalue weighted by Gasteiger charge is -2.09. The molecule has 0 spiro atoms. The fourth-order valence-electron chi connectivity index (χ4n) is 1.44. The van der Waals surface area contributed by atoms with E-state index in [0.29, 0.717) is 6.42 Å². The van der Waals surface area contributed by atoms with Gasteiger partial charge in [0.2, 0.25) is 0 Å². The van der Waals surface area contributed by atoms with E-state index in [2.05, 4.69) is 0 Å². The molecule has 0 N–H and O–H groups in total. The van der Waals surface area contributed by atoms with Crippen molar-refractivity contribution in [2.75, 3.05) is 0 Å². The van der Waals surface area contributed by atoms with E-state index in [4.69, 9.17) is 10.5 Å². The summed E-state index contributed by atoms with van der Waals surface area (Å²) in [7, 11) is 0. The van der Waals surface area contributed by atoms with Crippen LogP contribution < -0.4 is 5.56 Å². The van der Waals surface area contributed by atoms with Crippen molar-refractivity contribution in [2.45, 2.75) is 19.4 Å². The second kappa shape index (κ2) is 6.16. The molecule has 1 heterocycles. The molecule has 1 rings (SSSR count). The fourth-order valence-corrected chi connectivity index (χ4v) is 1.44. The van der Waals surface area contributed by atoms with Crippen LogP contribution in [0, 0.1) is 38.7 Å². The summed E-state index contributed by atoms with van der Waals surface area (Å²) < 4.78 is 1.13. The minimum absolute atomic E-state index is 0.0543. The Balaban J connectivity index is 2.93. The smallest absolute Gasteiger partial charge is 0.285 e. The number of hydrogen-bond acceptors (Lipinski definition) is 5. The zero-order valence-corrected chi connectivity index (χ0v) is 9.44. The quantitative estimate of drug-likeness (QED) is 0.572. The third-order valence-corrected chi connectivity index (χ3v) is 2.38. The molecule has 0 aliphatic rings. The molecule has 7 nitrogen and oxygen atoms in total. The molecule has 1 aromatic heterocycles. The molecule has 0 unspecified atom stereocenters. The van der Waals surface area contributed by atoms with Gasteiger partial charge in [-0.3, -0.25) is 14.9 Å². The molecule has 0 fully saturated rings. The number of nitro groups is 1. The van der Waals surface area contributed by atoms with E-state index in [1.165, 1.54) is 0 Å². The van der Waals surface area contributed by atoms with Crippen molar-refractivity contribution in [3.63, 3.8) is 0 Å². The van der Waals surface area contributed by atoms with Gasteiger partial charge in [0.25, 0.3) is 11.2 Å². The summed E-state index contributed by atoms with van der Waals surface area (Å²) in [6, 6.07) is 6.11. The van der Waals surface area contributed by atoms with Gasteiger partial charge >= 0.3 is 0 Å². The van der Waals surface area contributed by atoms with Crippen LogP contribution in [-0.2, 0) is 6.54 Å². The van der Waals surface area contributed by atoms with Crippen LogP contribution in [0.15, 0.2) is 23.1 Å². The molecular formula is C11H10N4O3. The van der Waals surface area contributed by atoms with E-state index >= 15 is 0 Å². The Bertz CT molecular complexity index is 579. The van der Waals surface area contributed by atoms with Crippen molar-refractivity contribution in [1.29, 1.82) is 10.5 Å². The van der Waals surface area contributed by atoms with Crippen LogP contribution in [0.5, 0.6) is 0 Å². The number of hydrogen-bond donors (Lipinski definition) is 0. The summed E-state index contributed by atoms with van der Waals surface area (Å²) in [5.74, 6) is -0.510. The Hall–Kier alpha value is -2.67. The van der Waals surface area contributed by atoms with E-state index in [9.17, 15) is 14.9 Å². The van der Waals surface area contributed by atoms with Crippen molar-refractivity contribution >= 4 is 5.69 Å². The second-order valence-corrected chi connectivity index (χ2v) is 3.66. The highest BCUT2D eigenvalue weighted by molar-refractivity contribution is 5.24. The van der Waals surface area contributed by atoms with Gasteiger partial charge in [-0.25, -0.2) is 0 Å². The maximum Gasteiger partial charge on any atom is 0.285 e. The first-order valence-electron chi connectivity index (χ1n) is 5.20. The minimum atomic E-state index is -0.605.